The Kier molecular flexibility index (Phi) is 4.96. The van der Waals surface area contributed by atoms with Crippen LogP contribution in [0, 0.1) is 11.6 Å². The van der Waals surface area contributed by atoms with E-state index in [4.69, 9.17) is 0 Å². The van der Waals surface area contributed by atoms with Gasteiger partial charge in [0.05, 0.1) is 23.2 Å². The normalized spacial score (nSPS) is 18.8. The highest BCUT2D eigenvalue weighted by atomic mass is 32.2. The molecule has 3 heterocycles. The Hall–Kier alpha value is -3.35. The van der Waals surface area contributed by atoms with Gasteiger partial charge in [-0.3, -0.25) is 4.79 Å². The van der Waals surface area contributed by atoms with Gasteiger partial charge in [-0.1, -0.05) is 0 Å². The Labute approximate surface area is 186 Å². The summed E-state index contributed by atoms with van der Waals surface area (Å²) in [5.74, 6) is -3.25. The zero-order chi connectivity index (χ0) is 23.5. The molecule has 2 fully saturated rings. The number of aromatic nitrogens is 4. The number of halogens is 2. The number of benzene rings is 1. The Balaban J connectivity index is 1.63. The van der Waals surface area contributed by atoms with Gasteiger partial charge in [0.25, 0.3) is 0 Å². The van der Waals surface area contributed by atoms with E-state index in [-0.39, 0.29) is 28.7 Å². The van der Waals surface area contributed by atoms with Crippen LogP contribution in [0.1, 0.15) is 41.7 Å². The van der Waals surface area contributed by atoms with E-state index in [1.54, 1.807) is 15.9 Å². The lowest BCUT2D eigenvalue weighted by atomic mass is 10.1. The van der Waals surface area contributed by atoms with Crippen molar-refractivity contribution in [1.82, 2.24) is 19.3 Å². The summed E-state index contributed by atoms with van der Waals surface area (Å²) in [5.41, 5.74) is -1.98. The van der Waals surface area contributed by atoms with Gasteiger partial charge in [-0.05, 0) is 25.3 Å². The topological polar surface area (TPSA) is 116 Å². The van der Waals surface area contributed by atoms with Crippen LogP contribution in [-0.4, -0.2) is 53.1 Å². The molecule has 3 aromatic rings. The van der Waals surface area contributed by atoms with Crippen molar-refractivity contribution in [2.24, 2.45) is 0 Å². The fraction of sp³-hybridized carbons (Fsp3) is 0.400. The minimum Gasteiger partial charge on any atom is -0.364 e. The molecule has 0 bridgehead atoms. The van der Waals surface area contributed by atoms with Crippen molar-refractivity contribution >= 4 is 32.7 Å². The maximum absolute atomic E-state index is 15.8. The molecule has 0 radical (unpaired) electrons. The third-order valence-electron chi connectivity index (χ3n) is 5.86. The maximum Gasteiger partial charge on any atom is 0.359 e. The van der Waals surface area contributed by atoms with Gasteiger partial charge in [0, 0.05) is 25.3 Å². The van der Waals surface area contributed by atoms with Crippen molar-refractivity contribution in [3.8, 4) is 0 Å². The van der Waals surface area contributed by atoms with Crippen molar-refractivity contribution in [3.05, 3.63) is 52.3 Å². The second-order valence-corrected chi connectivity index (χ2v) is 9.84. The average molecular weight is 479 g/mol. The average Bonchev–Trinajstić information content (AvgIpc) is 3.21. The summed E-state index contributed by atoms with van der Waals surface area (Å²) in [4.78, 5) is 30.7. The van der Waals surface area contributed by atoms with Gasteiger partial charge in [0.15, 0.2) is 5.82 Å². The fourth-order valence-electron chi connectivity index (χ4n) is 4.26. The minimum atomic E-state index is -4.18. The van der Waals surface area contributed by atoms with Crippen LogP contribution in [0.5, 0.6) is 0 Å². The van der Waals surface area contributed by atoms with Gasteiger partial charge >= 0.3 is 16.1 Å². The third kappa shape index (κ3) is 3.86. The van der Waals surface area contributed by atoms with Crippen molar-refractivity contribution in [2.45, 2.75) is 31.3 Å². The van der Waals surface area contributed by atoms with E-state index in [0.29, 0.717) is 38.6 Å². The van der Waals surface area contributed by atoms with E-state index in [1.165, 1.54) is 10.9 Å². The summed E-state index contributed by atoms with van der Waals surface area (Å²) >= 11 is 0. The van der Waals surface area contributed by atoms with Crippen LogP contribution in [0.4, 0.5) is 14.5 Å². The molecule has 0 spiro atoms. The van der Waals surface area contributed by atoms with Crippen molar-refractivity contribution in [3.63, 3.8) is 0 Å². The third-order valence-corrected chi connectivity index (χ3v) is 6.32. The number of anilines is 1. The molecule has 1 aliphatic carbocycles. The Bertz CT molecular complexity index is 1430. The molecule has 2 aromatic heterocycles. The lowest BCUT2D eigenvalue weighted by Crippen LogP contribution is -2.26. The van der Waals surface area contributed by atoms with Gasteiger partial charge in [-0.15, -0.1) is 0 Å². The molecule has 13 heteroatoms. The lowest BCUT2D eigenvalue weighted by Gasteiger charge is -2.22. The quantitative estimate of drug-likeness (QED) is 0.509. The molecule has 1 unspecified atom stereocenters. The predicted octanol–water partition coefficient (Wildman–Crippen LogP) is 1.77. The van der Waals surface area contributed by atoms with Crippen LogP contribution >= 0.6 is 0 Å². The van der Waals surface area contributed by atoms with E-state index in [2.05, 4.69) is 14.3 Å². The molecule has 5 rings (SSSR count). The SMILES string of the molecule is CS(=O)(=O)OC(=O)c1cn(C2CC2)c2c(F)c(N3CCC(n4cncn4)C3)c(F)cc2c1=O. The Morgan fingerprint density at radius 2 is 1.97 bits per heavy atom. The number of hydrogen-bond acceptors (Lipinski definition) is 8. The number of carbonyl (C=O) groups is 1. The molecule has 2 aliphatic rings. The molecule has 0 N–H and O–H groups in total. The molecule has 10 nitrogen and oxygen atoms in total. The monoisotopic (exact) mass is 479 g/mol. The first-order valence-electron chi connectivity index (χ1n) is 10.2. The fourth-order valence-corrected chi connectivity index (χ4v) is 4.62. The first kappa shape index (κ1) is 21.5. The lowest BCUT2D eigenvalue weighted by molar-refractivity contribution is 0.0746. The number of pyridine rings is 1. The molecular weight excluding hydrogens is 460 g/mol. The summed E-state index contributed by atoms with van der Waals surface area (Å²) in [6, 6.07) is 0.586. The highest BCUT2D eigenvalue weighted by molar-refractivity contribution is 7.86. The largest absolute Gasteiger partial charge is 0.364 e. The Morgan fingerprint density at radius 3 is 2.61 bits per heavy atom. The second-order valence-electron chi connectivity index (χ2n) is 8.27. The van der Waals surface area contributed by atoms with Gasteiger partial charge in [-0.25, -0.2) is 23.2 Å². The van der Waals surface area contributed by atoms with E-state index < -0.39 is 38.7 Å². The zero-order valence-electron chi connectivity index (χ0n) is 17.4. The summed E-state index contributed by atoms with van der Waals surface area (Å²) in [7, 11) is -4.18. The maximum atomic E-state index is 15.8. The van der Waals surface area contributed by atoms with Gasteiger partial charge in [0.1, 0.15) is 29.7 Å². The van der Waals surface area contributed by atoms with Gasteiger partial charge in [0.2, 0.25) is 5.43 Å². The van der Waals surface area contributed by atoms with E-state index >= 15 is 8.78 Å². The summed E-state index contributed by atoms with van der Waals surface area (Å²) in [6.45, 7) is 0.672. The van der Waals surface area contributed by atoms with Crippen LogP contribution in [0.25, 0.3) is 10.9 Å². The van der Waals surface area contributed by atoms with Crippen molar-refractivity contribution in [1.29, 1.82) is 0 Å². The number of hydrogen-bond donors (Lipinski definition) is 0. The molecule has 174 valence electrons. The molecular formula is C20H19F2N5O5S. The van der Waals surface area contributed by atoms with E-state index in [9.17, 15) is 18.0 Å². The molecule has 0 amide bonds. The first-order chi connectivity index (χ1) is 15.6. The van der Waals surface area contributed by atoms with E-state index in [0.717, 1.165) is 12.3 Å². The molecule has 1 aliphatic heterocycles. The van der Waals surface area contributed by atoms with Crippen molar-refractivity contribution < 1.29 is 26.2 Å². The van der Waals surface area contributed by atoms with Crippen LogP contribution in [0.2, 0.25) is 0 Å². The highest BCUT2D eigenvalue weighted by Crippen LogP contribution is 2.40. The molecule has 33 heavy (non-hydrogen) atoms. The molecule has 1 aromatic carbocycles. The zero-order valence-corrected chi connectivity index (χ0v) is 18.3. The van der Waals surface area contributed by atoms with Crippen LogP contribution in [0.15, 0.2) is 29.7 Å². The van der Waals surface area contributed by atoms with Crippen LogP contribution in [0.3, 0.4) is 0 Å². The van der Waals surface area contributed by atoms with Crippen molar-refractivity contribution in [2.75, 3.05) is 24.2 Å². The molecule has 1 atom stereocenters. The Morgan fingerprint density at radius 1 is 1.21 bits per heavy atom. The smallest absolute Gasteiger partial charge is 0.359 e. The van der Waals surface area contributed by atoms with Gasteiger partial charge < -0.3 is 13.7 Å². The number of carbonyl (C=O) groups excluding carboxylic acids is 1. The molecule has 1 saturated carbocycles. The number of fused-ring (bicyclic) bond motifs is 1. The van der Waals surface area contributed by atoms with Gasteiger partial charge in [-0.2, -0.15) is 13.5 Å². The summed E-state index contributed by atoms with van der Waals surface area (Å²) < 4.78 is 61.0. The predicted molar refractivity (Wildman–Crippen MR) is 113 cm³/mol. The second kappa shape index (κ2) is 7.61. The van der Waals surface area contributed by atoms with E-state index in [1.807, 2.05) is 0 Å². The summed E-state index contributed by atoms with van der Waals surface area (Å²) in [6.07, 6.45) is 6.64. The first-order valence-corrected chi connectivity index (χ1v) is 12.1. The number of rotatable bonds is 5. The standard InChI is InChI=1S/C20H19F2N5O5S/c1-33(30,31)32-20(29)14-8-26(11-2-3-11)17-13(19(14)28)6-15(21)18(16(17)22)25-5-4-12(7-25)27-10-23-9-24-27/h6,8-12H,2-5,7H2,1H3. The highest BCUT2D eigenvalue weighted by Gasteiger charge is 2.34. The van der Waals surface area contributed by atoms with Crippen LogP contribution in [-0.2, 0) is 14.3 Å². The van der Waals surface area contributed by atoms with Crippen LogP contribution < -0.4 is 10.3 Å². The molecule has 1 saturated heterocycles. The number of nitrogens with zero attached hydrogens (tertiary/aromatic N) is 5. The minimum absolute atomic E-state index is 0.110. The summed E-state index contributed by atoms with van der Waals surface area (Å²) in [5, 5.41) is 3.74.